The van der Waals surface area contributed by atoms with Crippen LogP contribution in [0.2, 0.25) is 0 Å². The van der Waals surface area contributed by atoms with E-state index in [1.54, 1.807) is 14.7 Å². The molecule has 2 saturated heterocycles. The molecule has 3 aromatic rings. The Bertz CT molecular complexity index is 1950. The number of carboxylic acids is 1. The van der Waals surface area contributed by atoms with Crippen LogP contribution < -0.4 is 10.6 Å². The van der Waals surface area contributed by atoms with E-state index in [4.69, 9.17) is 4.74 Å². The predicted molar refractivity (Wildman–Crippen MR) is 238 cm³/mol. The lowest BCUT2D eigenvalue weighted by molar-refractivity contribution is -0.154. The SMILES string of the molecule is O=C(CCc1ccccc1)N1CCN(C(=O)NC2(C(=O)O)CCCCC2)CC1.O=C(CCc1ccccc1)N1CCN(C(=O)NC2(C(=O)OCc3ccccc3)CCCCC2)CC1. The summed E-state index contributed by atoms with van der Waals surface area (Å²) in [6, 6.07) is 28.9. The number of esters is 1. The van der Waals surface area contributed by atoms with Crippen LogP contribution >= 0.6 is 0 Å². The van der Waals surface area contributed by atoms with Crippen LogP contribution in [-0.4, -0.2) is 124 Å². The summed E-state index contributed by atoms with van der Waals surface area (Å²) in [5, 5.41) is 15.4. The molecule has 0 atom stereocenters. The van der Waals surface area contributed by atoms with E-state index in [1.165, 1.54) is 0 Å². The summed E-state index contributed by atoms with van der Waals surface area (Å²) in [5.41, 5.74) is 1.09. The average molecular weight is 865 g/mol. The van der Waals surface area contributed by atoms with Crippen molar-refractivity contribution in [3.8, 4) is 0 Å². The third-order valence-corrected chi connectivity index (χ3v) is 12.9. The van der Waals surface area contributed by atoms with E-state index in [1.807, 2.05) is 95.9 Å². The number of carboxylic acid groups (broad SMARTS) is 1. The van der Waals surface area contributed by atoms with Gasteiger partial charge in [-0.1, -0.05) is 130 Å². The maximum atomic E-state index is 13.1. The largest absolute Gasteiger partial charge is 0.480 e. The number of nitrogens with one attached hydrogen (secondary N) is 2. The van der Waals surface area contributed by atoms with E-state index < -0.39 is 17.0 Å². The lowest BCUT2D eigenvalue weighted by Gasteiger charge is -2.40. The standard InChI is InChI=1S/C28H35N3O4.C21H29N3O4/c32-25(15-14-23-10-4-1-5-11-23)30-18-20-31(21-19-30)27(34)29-28(16-8-3-9-17-28)26(33)35-22-24-12-6-2-7-13-24;25-18(10-9-17-7-3-1-4-8-17)23-13-15-24(16-14-23)20(28)22-21(19(26)27)11-5-2-6-12-21/h1-2,4-7,10-13H,3,8-9,14-22H2,(H,29,34);1,3-4,7-8H,2,5-6,9-16H2,(H,22,28)(H,26,27). The molecule has 338 valence electrons. The highest BCUT2D eigenvalue weighted by atomic mass is 16.5. The molecule has 2 heterocycles. The zero-order valence-electron chi connectivity index (χ0n) is 36.5. The molecule has 0 radical (unpaired) electrons. The number of urea groups is 2. The van der Waals surface area contributed by atoms with E-state index >= 15 is 0 Å². The molecule has 3 N–H and O–H groups in total. The van der Waals surface area contributed by atoms with Crippen molar-refractivity contribution in [3.05, 3.63) is 108 Å². The van der Waals surface area contributed by atoms with Crippen LogP contribution in [-0.2, 0) is 43.4 Å². The monoisotopic (exact) mass is 864 g/mol. The number of aliphatic carboxylic acids is 1. The second-order valence-electron chi connectivity index (χ2n) is 17.2. The Balaban J connectivity index is 0.000000215. The van der Waals surface area contributed by atoms with Gasteiger partial charge >= 0.3 is 24.0 Å². The Kier molecular flexibility index (Phi) is 17.0. The fraction of sp³-hybridized carbons (Fsp3) is 0.510. The number of piperazine rings is 2. The zero-order valence-corrected chi connectivity index (χ0v) is 36.5. The normalized spacial score (nSPS) is 18.2. The minimum Gasteiger partial charge on any atom is -0.480 e. The Morgan fingerprint density at radius 2 is 0.825 bits per heavy atom. The van der Waals surface area contributed by atoms with Crippen molar-refractivity contribution in [2.24, 2.45) is 0 Å². The molecule has 2 aliphatic carbocycles. The van der Waals surface area contributed by atoms with Crippen LogP contribution in [0.4, 0.5) is 9.59 Å². The average Bonchev–Trinajstić information content (AvgIpc) is 3.33. The highest BCUT2D eigenvalue weighted by Crippen LogP contribution is 2.31. The van der Waals surface area contributed by atoms with Crippen molar-refractivity contribution < 1.29 is 38.6 Å². The molecule has 6 amide bonds. The van der Waals surface area contributed by atoms with Crippen molar-refractivity contribution >= 4 is 35.8 Å². The summed E-state index contributed by atoms with van der Waals surface area (Å²) in [5.74, 6) is -1.10. The molecular formula is C49H64N6O8. The highest BCUT2D eigenvalue weighted by molar-refractivity contribution is 5.88. The van der Waals surface area contributed by atoms with Gasteiger partial charge in [0.25, 0.3) is 0 Å². The van der Waals surface area contributed by atoms with Crippen LogP contribution in [0.15, 0.2) is 91.0 Å². The van der Waals surface area contributed by atoms with Gasteiger partial charge in [0, 0.05) is 65.2 Å². The van der Waals surface area contributed by atoms with Gasteiger partial charge in [-0.15, -0.1) is 0 Å². The Morgan fingerprint density at radius 1 is 0.476 bits per heavy atom. The molecule has 4 aliphatic rings. The number of ether oxygens (including phenoxy) is 1. The molecule has 63 heavy (non-hydrogen) atoms. The summed E-state index contributed by atoms with van der Waals surface area (Å²) in [7, 11) is 0. The van der Waals surface area contributed by atoms with Gasteiger partial charge in [0.2, 0.25) is 11.8 Å². The van der Waals surface area contributed by atoms with Crippen molar-refractivity contribution in [2.45, 2.75) is 108 Å². The van der Waals surface area contributed by atoms with Crippen LogP contribution in [0.5, 0.6) is 0 Å². The molecule has 0 spiro atoms. The van der Waals surface area contributed by atoms with E-state index in [9.17, 15) is 33.9 Å². The second-order valence-corrected chi connectivity index (χ2v) is 17.2. The molecule has 2 saturated carbocycles. The maximum Gasteiger partial charge on any atom is 0.332 e. The molecular weight excluding hydrogens is 801 g/mol. The van der Waals surface area contributed by atoms with Crippen LogP contribution in [0, 0.1) is 0 Å². The minimum absolute atomic E-state index is 0.0956. The number of aryl methyl sites for hydroxylation is 2. The Hall–Kier alpha value is -5.92. The van der Waals surface area contributed by atoms with Crippen molar-refractivity contribution in [2.75, 3.05) is 52.4 Å². The summed E-state index contributed by atoms with van der Waals surface area (Å²) in [6.07, 6.45) is 9.93. The quantitative estimate of drug-likeness (QED) is 0.182. The summed E-state index contributed by atoms with van der Waals surface area (Å²) in [4.78, 5) is 82.7. The van der Waals surface area contributed by atoms with Crippen molar-refractivity contribution in [3.63, 3.8) is 0 Å². The number of carbonyl (C=O) groups is 6. The van der Waals surface area contributed by atoms with Gasteiger partial charge in [-0.05, 0) is 55.2 Å². The smallest absolute Gasteiger partial charge is 0.332 e. The fourth-order valence-electron chi connectivity index (χ4n) is 8.94. The summed E-state index contributed by atoms with van der Waals surface area (Å²) >= 11 is 0. The molecule has 3 aromatic carbocycles. The zero-order chi connectivity index (χ0) is 44.5. The Morgan fingerprint density at radius 3 is 1.22 bits per heavy atom. The van der Waals surface area contributed by atoms with Gasteiger partial charge in [0.1, 0.15) is 17.7 Å². The molecule has 7 rings (SSSR count). The van der Waals surface area contributed by atoms with E-state index in [0.717, 1.165) is 55.2 Å². The van der Waals surface area contributed by atoms with Gasteiger partial charge in [-0.25, -0.2) is 19.2 Å². The van der Waals surface area contributed by atoms with Crippen LogP contribution in [0.25, 0.3) is 0 Å². The number of hydrogen-bond acceptors (Lipinski definition) is 7. The van der Waals surface area contributed by atoms with E-state index in [2.05, 4.69) is 10.6 Å². The number of hydrogen-bond donors (Lipinski definition) is 3. The first-order chi connectivity index (χ1) is 30.6. The van der Waals surface area contributed by atoms with Gasteiger partial charge in [-0.3, -0.25) is 9.59 Å². The molecule has 14 heteroatoms. The lowest BCUT2D eigenvalue weighted by Crippen LogP contribution is -2.61. The van der Waals surface area contributed by atoms with Crippen LogP contribution in [0.1, 0.15) is 93.7 Å². The minimum atomic E-state index is -1.14. The first kappa shape index (κ1) is 46.6. The molecule has 0 bridgehead atoms. The number of nitrogens with zero attached hydrogens (tertiary/aromatic N) is 4. The third-order valence-electron chi connectivity index (χ3n) is 12.9. The van der Waals surface area contributed by atoms with Gasteiger partial charge in [0.15, 0.2) is 0 Å². The topological polar surface area (TPSA) is 169 Å². The Labute approximate surface area is 371 Å². The van der Waals surface area contributed by atoms with E-state index in [0.29, 0.717) is 104 Å². The van der Waals surface area contributed by atoms with Gasteiger partial charge < -0.3 is 40.1 Å². The summed E-state index contributed by atoms with van der Waals surface area (Å²) in [6.45, 7) is 3.95. The number of amides is 6. The second kappa shape index (κ2) is 23.0. The lowest BCUT2D eigenvalue weighted by atomic mass is 9.81. The van der Waals surface area contributed by atoms with Crippen LogP contribution in [0.3, 0.4) is 0 Å². The molecule has 14 nitrogen and oxygen atoms in total. The van der Waals surface area contributed by atoms with Crippen molar-refractivity contribution in [1.82, 2.24) is 30.2 Å². The molecule has 4 fully saturated rings. The summed E-state index contributed by atoms with van der Waals surface area (Å²) < 4.78 is 5.65. The van der Waals surface area contributed by atoms with Crippen molar-refractivity contribution in [1.29, 1.82) is 0 Å². The number of benzene rings is 3. The first-order valence-corrected chi connectivity index (χ1v) is 22.8. The molecule has 0 aromatic heterocycles. The highest BCUT2D eigenvalue weighted by Gasteiger charge is 2.44. The van der Waals surface area contributed by atoms with E-state index in [-0.39, 0.29) is 36.5 Å². The maximum absolute atomic E-state index is 13.1. The number of carbonyl (C=O) groups excluding carboxylic acids is 5. The molecule has 2 aliphatic heterocycles. The molecule has 0 unspecified atom stereocenters. The van der Waals surface area contributed by atoms with Gasteiger partial charge in [0.05, 0.1) is 0 Å². The predicted octanol–water partition coefficient (Wildman–Crippen LogP) is 6.18. The van der Waals surface area contributed by atoms with Gasteiger partial charge in [-0.2, -0.15) is 0 Å². The first-order valence-electron chi connectivity index (χ1n) is 22.8. The third kappa shape index (κ3) is 13.3. The number of rotatable bonds is 12. The fourth-order valence-corrected chi connectivity index (χ4v) is 8.94.